The third kappa shape index (κ3) is 5.48. The fourth-order valence-corrected chi connectivity index (χ4v) is 3.46. The van der Waals surface area contributed by atoms with Gasteiger partial charge in [-0.15, -0.1) is 24.0 Å². The van der Waals surface area contributed by atoms with Crippen LogP contribution in [0.5, 0.6) is 5.75 Å². The van der Waals surface area contributed by atoms with Crippen LogP contribution < -0.4 is 10.1 Å². The van der Waals surface area contributed by atoms with Gasteiger partial charge in [0, 0.05) is 31.7 Å². The number of nitrogens with one attached hydrogen (secondary N) is 1. The Balaban J connectivity index is 0.00000225. The van der Waals surface area contributed by atoms with Gasteiger partial charge in [0.25, 0.3) is 0 Å². The van der Waals surface area contributed by atoms with E-state index in [4.69, 9.17) is 14.5 Å². The first-order chi connectivity index (χ1) is 11.7. The van der Waals surface area contributed by atoms with Gasteiger partial charge < -0.3 is 19.7 Å². The summed E-state index contributed by atoms with van der Waals surface area (Å²) in [5.74, 6) is 1.91. The number of hydrogen-bond acceptors (Lipinski definition) is 3. The summed E-state index contributed by atoms with van der Waals surface area (Å²) < 4.78 is 11.4. The molecule has 0 aromatic heterocycles. The summed E-state index contributed by atoms with van der Waals surface area (Å²) in [6, 6.07) is 8.15. The first-order valence-electron chi connectivity index (χ1n) is 9.01. The van der Waals surface area contributed by atoms with Crippen LogP contribution in [0.1, 0.15) is 25.3 Å². The van der Waals surface area contributed by atoms with E-state index in [1.165, 1.54) is 18.4 Å². The highest BCUT2D eigenvalue weighted by molar-refractivity contribution is 14.0. The lowest BCUT2D eigenvalue weighted by molar-refractivity contribution is 0.156. The molecule has 2 heterocycles. The molecule has 25 heavy (non-hydrogen) atoms. The molecule has 1 atom stereocenters. The Hall–Kier alpha value is -1.02. The van der Waals surface area contributed by atoms with Crippen molar-refractivity contribution < 1.29 is 9.47 Å². The lowest BCUT2D eigenvalue weighted by atomic mass is 9.87. The van der Waals surface area contributed by atoms with E-state index in [9.17, 15) is 0 Å². The topological polar surface area (TPSA) is 46.1 Å². The molecule has 1 aromatic carbocycles. The number of guanidine groups is 1. The number of rotatable bonds is 5. The smallest absolute Gasteiger partial charge is 0.194 e. The predicted molar refractivity (Wildman–Crippen MR) is 112 cm³/mol. The Bertz CT molecular complexity index is 556. The second-order valence-electron chi connectivity index (χ2n) is 6.87. The summed E-state index contributed by atoms with van der Waals surface area (Å²) in [5, 5.41) is 3.42. The molecule has 2 aliphatic heterocycles. The van der Waals surface area contributed by atoms with Gasteiger partial charge in [-0.1, -0.05) is 17.7 Å². The number of halogens is 1. The van der Waals surface area contributed by atoms with E-state index in [0.717, 1.165) is 44.6 Å². The second kappa shape index (κ2) is 9.62. The molecule has 0 amide bonds. The quantitative estimate of drug-likeness (QED) is 0.318. The Morgan fingerprint density at radius 3 is 2.80 bits per heavy atom. The maximum Gasteiger partial charge on any atom is 0.194 e. The molecule has 5 nitrogen and oxygen atoms in total. The van der Waals surface area contributed by atoms with Gasteiger partial charge in [0.05, 0.1) is 13.2 Å². The van der Waals surface area contributed by atoms with Crippen molar-refractivity contribution in [2.75, 3.05) is 46.0 Å². The zero-order valence-electron chi connectivity index (χ0n) is 15.3. The fraction of sp³-hybridized carbons (Fsp3) is 0.632. The Morgan fingerprint density at radius 2 is 2.12 bits per heavy atom. The minimum Gasteiger partial charge on any atom is -0.492 e. The standard InChI is InChI=1S/C19H29N3O2.HI/c1-3-20-18(22-11-8-19(14-22)9-12-23-15-19)21-10-13-24-17-6-4-16(2)5-7-17;/h4-7H,3,8-15H2,1-2H3,(H,20,21);1H. The van der Waals surface area contributed by atoms with Crippen LogP contribution in [0, 0.1) is 12.3 Å². The van der Waals surface area contributed by atoms with E-state index in [-0.39, 0.29) is 24.0 Å². The van der Waals surface area contributed by atoms with Gasteiger partial charge in [0.15, 0.2) is 5.96 Å². The average Bonchev–Trinajstić information content (AvgIpc) is 3.22. The zero-order chi connectivity index (χ0) is 16.8. The molecule has 0 aliphatic carbocycles. The summed E-state index contributed by atoms with van der Waals surface area (Å²) in [6.07, 6.45) is 2.39. The number of nitrogens with zero attached hydrogens (tertiary/aromatic N) is 2. The van der Waals surface area contributed by atoms with E-state index in [1.54, 1.807) is 0 Å². The van der Waals surface area contributed by atoms with E-state index in [0.29, 0.717) is 18.6 Å². The second-order valence-corrected chi connectivity index (χ2v) is 6.87. The number of likely N-dealkylation sites (tertiary alicyclic amines) is 1. The number of ether oxygens (including phenoxy) is 2. The first-order valence-corrected chi connectivity index (χ1v) is 9.01. The van der Waals surface area contributed by atoms with Crippen molar-refractivity contribution in [2.24, 2.45) is 10.4 Å². The normalized spacial score (nSPS) is 23.0. The molecule has 2 fully saturated rings. The number of benzene rings is 1. The van der Waals surface area contributed by atoms with Crippen molar-refractivity contribution in [2.45, 2.75) is 26.7 Å². The highest BCUT2D eigenvalue weighted by atomic mass is 127. The number of aryl methyl sites for hydroxylation is 1. The van der Waals surface area contributed by atoms with Crippen molar-refractivity contribution in [3.63, 3.8) is 0 Å². The summed E-state index contributed by atoms with van der Waals surface area (Å²) in [4.78, 5) is 7.13. The minimum atomic E-state index is 0. The maximum atomic E-state index is 5.77. The number of aliphatic imine (C=N–C) groups is 1. The highest BCUT2D eigenvalue weighted by Crippen LogP contribution is 2.38. The molecular formula is C19H30IN3O2. The molecule has 2 aliphatic rings. The fourth-order valence-electron chi connectivity index (χ4n) is 3.46. The third-order valence-corrected chi connectivity index (χ3v) is 4.90. The zero-order valence-corrected chi connectivity index (χ0v) is 17.6. The van der Waals surface area contributed by atoms with E-state index in [1.807, 2.05) is 12.1 Å². The third-order valence-electron chi connectivity index (χ3n) is 4.90. The van der Waals surface area contributed by atoms with Crippen molar-refractivity contribution >= 4 is 29.9 Å². The van der Waals surface area contributed by atoms with Gasteiger partial charge in [0.1, 0.15) is 12.4 Å². The Morgan fingerprint density at radius 1 is 1.32 bits per heavy atom. The maximum absolute atomic E-state index is 5.77. The molecular weight excluding hydrogens is 429 g/mol. The van der Waals surface area contributed by atoms with Crippen molar-refractivity contribution in [3.8, 4) is 5.75 Å². The lowest BCUT2D eigenvalue weighted by Crippen LogP contribution is -2.41. The monoisotopic (exact) mass is 459 g/mol. The van der Waals surface area contributed by atoms with Crippen molar-refractivity contribution in [1.82, 2.24) is 10.2 Å². The largest absolute Gasteiger partial charge is 0.492 e. The molecule has 0 radical (unpaired) electrons. The molecule has 2 saturated heterocycles. The van der Waals surface area contributed by atoms with Crippen LogP contribution >= 0.6 is 24.0 Å². The molecule has 1 N–H and O–H groups in total. The molecule has 0 bridgehead atoms. The van der Waals surface area contributed by atoms with Gasteiger partial charge in [0.2, 0.25) is 0 Å². The Kier molecular flexibility index (Phi) is 7.81. The average molecular weight is 459 g/mol. The van der Waals surface area contributed by atoms with E-state index >= 15 is 0 Å². The SMILES string of the molecule is CCNC(=NCCOc1ccc(C)cc1)N1CCC2(CCOC2)C1.I. The summed E-state index contributed by atoms with van der Waals surface area (Å²) in [7, 11) is 0. The van der Waals surface area contributed by atoms with Crippen LogP contribution in [0.3, 0.4) is 0 Å². The van der Waals surface area contributed by atoms with E-state index < -0.39 is 0 Å². The van der Waals surface area contributed by atoms with Crippen molar-refractivity contribution in [3.05, 3.63) is 29.8 Å². The predicted octanol–water partition coefficient (Wildman–Crippen LogP) is 3.07. The summed E-state index contributed by atoms with van der Waals surface area (Å²) in [5.41, 5.74) is 1.60. The molecule has 1 aromatic rings. The van der Waals surface area contributed by atoms with Crippen LogP contribution in [0.2, 0.25) is 0 Å². The molecule has 6 heteroatoms. The van der Waals surface area contributed by atoms with E-state index in [2.05, 4.69) is 36.2 Å². The Labute approximate surface area is 168 Å². The summed E-state index contributed by atoms with van der Waals surface area (Å²) in [6.45, 7) is 10.3. The van der Waals surface area contributed by atoms with Crippen molar-refractivity contribution in [1.29, 1.82) is 0 Å². The summed E-state index contributed by atoms with van der Waals surface area (Å²) >= 11 is 0. The molecule has 3 rings (SSSR count). The van der Waals surface area contributed by atoms with Crippen LogP contribution in [0.25, 0.3) is 0 Å². The van der Waals surface area contributed by atoms with Crippen LogP contribution in [-0.4, -0.2) is 56.9 Å². The van der Waals surface area contributed by atoms with Gasteiger partial charge in [-0.05, 0) is 38.8 Å². The van der Waals surface area contributed by atoms with Gasteiger partial charge in [-0.3, -0.25) is 0 Å². The van der Waals surface area contributed by atoms with Gasteiger partial charge >= 0.3 is 0 Å². The number of hydrogen-bond donors (Lipinski definition) is 1. The first kappa shape index (κ1) is 20.3. The molecule has 1 spiro atoms. The molecule has 140 valence electrons. The van der Waals surface area contributed by atoms with Crippen LogP contribution in [0.4, 0.5) is 0 Å². The minimum absolute atomic E-state index is 0. The van der Waals surface area contributed by atoms with Gasteiger partial charge in [-0.25, -0.2) is 4.99 Å². The highest BCUT2D eigenvalue weighted by Gasteiger charge is 2.42. The molecule has 1 unspecified atom stereocenters. The van der Waals surface area contributed by atoms with Crippen LogP contribution in [-0.2, 0) is 4.74 Å². The molecule has 0 saturated carbocycles. The van der Waals surface area contributed by atoms with Gasteiger partial charge in [-0.2, -0.15) is 0 Å². The lowest BCUT2D eigenvalue weighted by Gasteiger charge is -2.25. The van der Waals surface area contributed by atoms with Crippen LogP contribution in [0.15, 0.2) is 29.3 Å².